The maximum absolute atomic E-state index is 11.8. The lowest BCUT2D eigenvalue weighted by atomic mass is 9.96. The number of carbonyl (C=O) groups excluding carboxylic acids is 1. The normalized spacial score (nSPS) is 13.9. The van der Waals surface area contributed by atoms with Crippen molar-refractivity contribution in [3.05, 3.63) is 40.9 Å². The Morgan fingerprint density at radius 3 is 2.60 bits per heavy atom. The lowest BCUT2D eigenvalue weighted by Gasteiger charge is -2.24. The summed E-state index contributed by atoms with van der Waals surface area (Å²) in [6, 6.07) is 7.09. The van der Waals surface area contributed by atoms with Gasteiger partial charge in [0.15, 0.2) is 0 Å². The molecule has 5 heteroatoms. The maximum Gasteiger partial charge on any atom is 0.329 e. The number of carbonyl (C=O) groups is 2. The molecule has 1 amide bonds. The minimum atomic E-state index is -1.25. The van der Waals surface area contributed by atoms with E-state index in [0.717, 1.165) is 0 Å². The molecule has 0 saturated heterocycles. The van der Waals surface area contributed by atoms with Crippen LogP contribution in [0, 0.1) is 0 Å². The number of halogens is 1. The lowest BCUT2D eigenvalue weighted by Crippen LogP contribution is -2.51. The summed E-state index contributed by atoms with van der Waals surface area (Å²) < 4.78 is 0. The van der Waals surface area contributed by atoms with Crippen molar-refractivity contribution in [2.45, 2.75) is 32.2 Å². The van der Waals surface area contributed by atoms with Gasteiger partial charge in [-0.25, -0.2) is 4.79 Å². The molecule has 1 aromatic carbocycles. The summed E-state index contributed by atoms with van der Waals surface area (Å²) in [6.07, 6.45) is 3.88. The number of carboxylic acid groups (broad SMARTS) is 1. The van der Waals surface area contributed by atoms with E-state index < -0.39 is 17.4 Å². The van der Waals surface area contributed by atoms with E-state index in [2.05, 4.69) is 5.32 Å². The van der Waals surface area contributed by atoms with Crippen LogP contribution < -0.4 is 5.32 Å². The molecule has 0 spiro atoms. The lowest BCUT2D eigenvalue weighted by molar-refractivity contribution is -0.146. The second-order valence-electron chi connectivity index (χ2n) is 4.73. The summed E-state index contributed by atoms with van der Waals surface area (Å²) in [6.45, 7) is 3.37. The highest BCUT2D eigenvalue weighted by Gasteiger charge is 2.33. The van der Waals surface area contributed by atoms with Crippen LogP contribution in [0.2, 0.25) is 5.02 Å². The van der Waals surface area contributed by atoms with E-state index in [1.807, 2.05) is 13.0 Å². The summed E-state index contributed by atoms with van der Waals surface area (Å²) in [5.74, 6) is -1.50. The van der Waals surface area contributed by atoms with Gasteiger partial charge in [-0.3, -0.25) is 4.79 Å². The van der Waals surface area contributed by atoms with Crippen molar-refractivity contribution >= 4 is 29.6 Å². The Morgan fingerprint density at radius 2 is 2.05 bits per heavy atom. The predicted molar refractivity (Wildman–Crippen MR) is 79.6 cm³/mol. The fourth-order valence-corrected chi connectivity index (χ4v) is 2.01. The van der Waals surface area contributed by atoms with E-state index in [9.17, 15) is 14.7 Å². The molecule has 1 atom stereocenters. The Morgan fingerprint density at radius 1 is 1.40 bits per heavy atom. The molecule has 0 aliphatic carbocycles. The molecule has 4 nitrogen and oxygen atoms in total. The molecule has 1 aromatic rings. The molecule has 20 heavy (non-hydrogen) atoms. The van der Waals surface area contributed by atoms with E-state index in [1.165, 1.54) is 13.0 Å². The van der Waals surface area contributed by atoms with E-state index in [0.29, 0.717) is 23.4 Å². The average molecular weight is 296 g/mol. The summed E-state index contributed by atoms with van der Waals surface area (Å²) in [4.78, 5) is 23.0. The zero-order valence-electron chi connectivity index (χ0n) is 11.5. The first-order valence-corrected chi connectivity index (χ1v) is 6.75. The molecular formula is C15H18ClNO3. The second-order valence-corrected chi connectivity index (χ2v) is 5.14. The van der Waals surface area contributed by atoms with Crippen molar-refractivity contribution in [1.29, 1.82) is 0 Å². The zero-order valence-corrected chi connectivity index (χ0v) is 12.3. The molecule has 0 aromatic heterocycles. The smallest absolute Gasteiger partial charge is 0.329 e. The number of benzene rings is 1. The summed E-state index contributed by atoms with van der Waals surface area (Å²) >= 11 is 5.96. The van der Waals surface area contributed by atoms with Crippen LogP contribution in [0.25, 0.3) is 6.08 Å². The highest BCUT2D eigenvalue weighted by atomic mass is 35.5. The molecule has 0 radical (unpaired) electrons. The third-order valence-electron chi connectivity index (χ3n) is 2.94. The largest absolute Gasteiger partial charge is 0.480 e. The quantitative estimate of drug-likeness (QED) is 0.793. The molecule has 1 unspecified atom stereocenters. The van der Waals surface area contributed by atoms with Gasteiger partial charge in [0, 0.05) is 11.1 Å². The Balaban J connectivity index is 2.77. The van der Waals surface area contributed by atoms with E-state index in [1.54, 1.807) is 24.3 Å². The summed E-state index contributed by atoms with van der Waals surface area (Å²) in [7, 11) is 0. The molecule has 0 bridgehead atoms. The van der Waals surface area contributed by atoms with Crippen LogP contribution in [0.4, 0.5) is 0 Å². The van der Waals surface area contributed by atoms with Gasteiger partial charge in [-0.1, -0.05) is 43.1 Å². The Labute approximate surface area is 123 Å². The molecule has 1 rings (SSSR count). The highest BCUT2D eigenvalue weighted by molar-refractivity contribution is 6.32. The number of hydrogen-bond donors (Lipinski definition) is 2. The third kappa shape index (κ3) is 4.38. The van der Waals surface area contributed by atoms with Crippen LogP contribution in [-0.4, -0.2) is 22.5 Å². The first-order chi connectivity index (χ1) is 9.39. The zero-order chi connectivity index (χ0) is 15.2. The summed E-state index contributed by atoms with van der Waals surface area (Å²) in [5.41, 5.74) is -0.548. The van der Waals surface area contributed by atoms with Gasteiger partial charge in [0.1, 0.15) is 5.54 Å². The Kier molecular flexibility index (Phi) is 5.77. The number of carboxylic acids is 1. The number of amides is 1. The van der Waals surface area contributed by atoms with Crippen LogP contribution in [-0.2, 0) is 9.59 Å². The van der Waals surface area contributed by atoms with Gasteiger partial charge in [0.05, 0.1) is 0 Å². The molecule has 0 saturated carbocycles. The van der Waals surface area contributed by atoms with Crippen LogP contribution in [0.1, 0.15) is 32.3 Å². The molecule has 0 aliphatic heterocycles. The van der Waals surface area contributed by atoms with Gasteiger partial charge in [-0.05, 0) is 31.1 Å². The van der Waals surface area contributed by atoms with Gasteiger partial charge in [0.25, 0.3) is 0 Å². The number of rotatable bonds is 6. The molecule has 0 fully saturated rings. The van der Waals surface area contributed by atoms with Gasteiger partial charge >= 0.3 is 5.97 Å². The van der Waals surface area contributed by atoms with Gasteiger partial charge in [-0.2, -0.15) is 0 Å². The van der Waals surface area contributed by atoms with E-state index in [-0.39, 0.29) is 0 Å². The van der Waals surface area contributed by atoms with Crippen LogP contribution in [0.5, 0.6) is 0 Å². The molecule has 2 N–H and O–H groups in total. The number of aliphatic carboxylic acids is 1. The van der Waals surface area contributed by atoms with Gasteiger partial charge in [0.2, 0.25) is 5.91 Å². The molecule has 0 aliphatic rings. The Hall–Kier alpha value is -1.81. The molecule has 108 valence electrons. The van der Waals surface area contributed by atoms with Crippen molar-refractivity contribution in [3.8, 4) is 0 Å². The molecular weight excluding hydrogens is 278 g/mol. The topological polar surface area (TPSA) is 66.4 Å². The van der Waals surface area contributed by atoms with Crippen molar-refractivity contribution < 1.29 is 14.7 Å². The van der Waals surface area contributed by atoms with Gasteiger partial charge < -0.3 is 10.4 Å². The van der Waals surface area contributed by atoms with Crippen molar-refractivity contribution in [2.24, 2.45) is 0 Å². The predicted octanol–water partition coefficient (Wildman–Crippen LogP) is 3.11. The minimum absolute atomic E-state index is 0.369. The molecule has 0 heterocycles. The summed E-state index contributed by atoms with van der Waals surface area (Å²) in [5, 5.41) is 12.2. The second kappa shape index (κ2) is 7.10. The highest BCUT2D eigenvalue weighted by Crippen LogP contribution is 2.17. The fourth-order valence-electron chi connectivity index (χ4n) is 1.81. The van der Waals surface area contributed by atoms with Crippen LogP contribution >= 0.6 is 11.6 Å². The van der Waals surface area contributed by atoms with Crippen molar-refractivity contribution in [2.75, 3.05) is 0 Å². The van der Waals surface area contributed by atoms with Crippen molar-refractivity contribution in [1.82, 2.24) is 5.32 Å². The average Bonchev–Trinajstić information content (AvgIpc) is 2.38. The van der Waals surface area contributed by atoms with Crippen LogP contribution in [0.3, 0.4) is 0 Å². The SMILES string of the molecule is CCCC(C)(NC(=O)/C=C/c1ccccc1Cl)C(=O)O. The minimum Gasteiger partial charge on any atom is -0.480 e. The van der Waals surface area contributed by atoms with E-state index >= 15 is 0 Å². The van der Waals surface area contributed by atoms with Crippen molar-refractivity contribution in [3.63, 3.8) is 0 Å². The first kappa shape index (κ1) is 16.2. The van der Waals surface area contributed by atoms with Crippen LogP contribution in [0.15, 0.2) is 30.3 Å². The Bertz CT molecular complexity index is 528. The van der Waals surface area contributed by atoms with Gasteiger partial charge in [-0.15, -0.1) is 0 Å². The third-order valence-corrected chi connectivity index (χ3v) is 3.28. The number of nitrogens with one attached hydrogen (secondary N) is 1. The first-order valence-electron chi connectivity index (χ1n) is 6.37. The monoisotopic (exact) mass is 295 g/mol. The standard InChI is InChI=1S/C15H18ClNO3/c1-3-10-15(2,14(19)20)17-13(18)9-8-11-6-4-5-7-12(11)16/h4-9H,3,10H2,1-2H3,(H,17,18)(H,19,20)/b9-8+. The number of hydrogen-bond acceptors (Lipinski definition) is 2. The fraction of sp³-hybridized carbons (Fsp3) is 0.333. The van der Waals surface area contributed by atoms with E-state index in [4.69, 9.17) is 11.6 Å². The maximum atomic E-state index is 11.8.